The van der Waals surface area contributed by atoms with Crippen LogP contribution in [0.1, 0.15) is 0 Å². The standard InChI is InChI=1S/C12H16N4O/c13-7-9-8-16(5-6-17-9)12-14-10-3-1-2-4-11(10)15-12/h1-4,9H,5-8,13H2,(H,14,15). The van der Waals surface area contributed by atoms with Crippen LogP contribution >= 0.6 is 0 Å². The number of anilines is 1. The molecule has 0 aliphatic carbocycles. The third-order valence-corrected chi connectivity index (χ3v) is 3.08. The number of nitrogens with one attached hydrogen (secondary N) is 1. The van der Waals surface area contributed by atoms with Gasteiger partial charge in [0.2, 0.25) is 5.95 Å². The molecule has 0 saturated carbocycles. The van der Waals surface area contributed by atoms with Crippen LogP contribution < -0.4 is 10.6 Å². The van der Waals surface area contributed by atoms with Crippen LogP contribution in [0.25, 0.3) is 11.0 Å². The quantitative estimate of drug-likeness (QED) is 0.801. The number of imidazole rings is 1. The Morgan fingerprint density at radius 3 is 3.18 bits per heavy atom. The van der Waals surface area contributed by atoms with E-state index in [1.165, 1.54) is 0 Å². The molecule has 1 saturated heterocycles. The Morgan fingerprint density at radius 2 is 2.35 bits per heavy atom. The van der Waals surface area contributed by atoms with Gasteiger partial charge < -0.3 is 20.4 Å². The van der Waals surface area contributed by atoms with E-state index >= 15 is 0 Å². The maximum absolute atomic E-state index is 5.64. The second kappa shape index (κ2) is 4.35. The van der Waals surface area contributed by atoms with E-state index < -0.39 is 0 Å². The topological polar surface area (TPSA) is 67.2 Å². The Hall–Kier alpha value is -1.59. The van der Waals surface area contributed by atoms with Crippen molar-refractivity contribution >= 4 is 17.0 Å². The van der Waals surface area contributed by atoms with Gasteiger partial charge in [-0.1, -0.05) is 12.1 Å². The van der Waals surface area contributed by atoms with Crippen LogP contribution in [-0.2, 0) is 4.74 Å². The lowest BCUT2D eigenvalue weighted by molar-refractivity contribution is 0.0461. The fourth-order valence-corrected chi connectivity index (χ4v) is 2.14. The highest BCUT2D eigenvalue weighted by Crippen LogP contribution is 2.18. The number of aromatic amines is 1. The monoisotopic (exact) mass is 232 g/mol. The lowest BCUT2D eigenvalue weighted by atomic mass is 10.3. The molecule has 1 aliphatic rings. The van der Waals surface area contributed by atoms with Crippen LogP contribution in [0.3, 0.4) is 0 Å². The van der Waals surface area contributed by atoms with E-state index in [2.05, 4.69) is 14.9 Å². The fourth-order valence-electron chi connectivity index (χ4n) is 2.14. The third kappa shape index (κ3) is 1.99. The van der Waals surface area contributed by atoms with Crippen molar-refractivity contribution in [3.8, 4) is 0 Å². The Labute approximate surface area is 99.6 Å². The summed E-state index contributed by atoms with van der Waals surface area (Å²) in [7, 11) is 0. The van der Waals surface area contributed by atoms with E-state index in [0.29, 0.717) is 13.2 Å². The van der Waals surface area contributed by atoms with E-state index in [-0.39, 0.29) is 6.10 Å². The Kier molecular flexibility index (Phi) is 2.70. The van der Waals surface area contributed by atoms with Gasteiger partial charge in [0.05, 0.1) is 23.7 Å². The first-order valence-electron chi connectivity index (χ1n) is 5.88. The predicted octanol–water partition coefficient (Wildman–Crippen LogP) is 0.727. The number of morpholine rings is 1. The van der Waals surface area contributed by atoms with Crippen molar-refractivity contribution in [1.29, 1.82) is 0 Å². The molecule has 0 bridgehead atoms. The van der Waals surface area contributed by atoms with Crippen molar-refractivity contribution in [1.82, 2.24) is 9.97 Å². The van der Waals surface area contributed by atoms with Gasteiger partial charge in [-0.05, 0) is 12.1 Å². The highest BCUT2D eigenvalue weighted by molar-refractivity contribution is 5.77. The number of nitrogens with two attached hydrogens (primary N) is 1. The fraction of sp³-hybridized carbons (Fsp3) is 0.417. The number of fused-ring (bicyclic) bond motifs is 1. The minimum atomic E-state index is 0.108. The number of rotatable bonds is 2. The molecule has 1 fully saturated rings. The summed E-state index contributed by atoms with van der Waals surface area (Å²) in [5.74, 6) is 0.910. The van der Waals surface area contributed by atoms with Crippen molar-refractivity contribution in [3.05, 3.63) is 24.3 Å². The van der Waals surface area contributed by atoms with Gasteiger partial charge in [0.15, 0.2) is 0 Å². The maximum atomic E-state index is 5.64. The lowest BCUT2D eigenvalue weighted by Crippen LogP contribution is -2.46. The first kappa shape index (κ1) is 10.6. The zero-order valence-corrected chi connectivity index (χ0v) is 9.60. The molecule has 1 aromatic heterocycles. The van der Waals surface area contributed by atoms with Gasteiger partial charge >= 0.3 is 0 Å². The van der Waals surface area contributed by atoms with Crippen LogP contribution in [0.5, 0.6) is 0 Å². The predicted molar refractivity (Wildman–Crippen MR) is 67.1 cm³/mol. The maximum Gasteiger partial charge on any atom is 0.204 e. The van der Waals surface area contributed by atoms with Crippen molar-refractivity contribution in [2.24, 2.45) is 5.73 Å². The van der Waals surface area contributed by atoms with Crippen LogP contribution in [0.15, 0.2) is 24.3 Å². The summed E-state index contributed by atoms with van der Waals surface area (Å²) in [6.45, 7) is 2.92. The highest BCUT2D eigenvalue weighted by atomic mass is 16.5. The largest absolute Gasteiger partial charge is 0.373 e. The SMILES string of the molecule is NCC1CN(c2nc3ccccc3[nH]2)CCO1. The molecule has 2 heterocycles. The van der Waals surface area contributed by atoms with Crippen LogP contribution in [0.2, 0.25) is 0 Å². The molecule has 0 radical (unpaired) electrons. The molecule has 1 aliphatic heterocycles. The molecule has 0 amide bonds. The number of aromatic nitrogens is 2. The Morgan fingerprint density at radius 1 is 1.47 bits per heavy atom. The summed E-state index contributed by atoms with van der Waals surface area (Å²) in [4.78, 5) is 10.1. The zero-order chi connectivity index (χ0) is 11.7. The molecular formula is C12H16N4O. The van der Waals surface area contributed by atoms with Gasteiger partial charge in [0, 0.05) is 19.6 Å². The first-order chi connectivity index (χ1) is 8.36. The lowest BCUT2D eigenvalue weighted by Gasteiger charge is -2.31. The van der Waals surface area contributed by atoms with Gasteiger partial charge in [-0.2, -0.15) is 0 Å². The molecule has 2 aromatic rings. The number of hydrogen-bond donors (Lipinski definition) is 2. The van der Waals surface area contributed by atoms with Gasteiger partial charge in [-0.3, -0.25) is 0 Å². The molecule has 5 heteroatoms. The molecule has 90 valence electrons. The van der Waals surface area contributed by atoms with Crippen molar-refractivity contribution in [3.63, 3.8) is 0 Å². The number of H-pyrrole nitrogens is 1. The molecule has 1 aromatic carbocycles. The summed E-state index contributed by atoms with van der Waals surface area (Å²) in [6, 6.07) is 8.05. The summed E-state index contributed by atoms with van der Waals surface area (Å²) in [5, 5.41) is 0. The smallest absolute Gasteiger partial charge is 0.204 e. The summed E-state index contributed by atoms with van der Waals surface area (Å²) < 4.78 is 5.54. The van der Waals surface area contributed by atoms with E-state index in [1.54, 1.807) is 0 Å². The average Bonchev–Trinajstić information content (AvgIpc) is 2.82. The second-order valence-electron chi connectivity index (χ2n) is 4.25. The minimum absolute atomic E-state index is 0.108. The van der Waals surface area contributed by atoms with Gasteiger partial charge in [-0.15, -0.1) is 0 Å². The van der Waals surface area contributed by atoms with Crippen molar-refractivity contribution in [2.75, 3.05) is 31.1 Å². The third-order valence-electron chi connectivity index (χ3n) is 3.08. The Balaban J connectivity index is 1.87. The first-order valence-corrected chi connectivity index (χ1v) is 5.88. The molecule has 5 nitrogen and oxygen atoms in total. The second-order valence-corrected chi connectivity index (χ2v) is 4.25. The van der Waals surface area contributed by atoms with Gasteiger partial charge in [-0.25, -0.2) is 4.98 Å². The number of benzene rings is 1. The molecule has 3 N–H and O–H groups in total. The minimum Gasteiger partial charge on any atom is -0.373 e. The van der Waals surface area contributed by atoms with Gasteiger partial charge in [0.25, 0.3) is 0 Å². The molecule has 17 heavy (non-hydrogen) atoms. The van der Waals surface area contributed by atoms with Crippen LogP contribution in [0, 0.1) is 0 Å². The van der Waals surface area contributed by atoms with Crippen molar-refractivity contribution < 1.29 is 4.74 Å². The molecule has 0 spiro atoms. The van der Waals surface area contributed by atoms with E-state index in [0.717, 1.165) is 30.1 Å². The Bertz CT molecular complexity index is 477. The van der Waals surface area contributed by atoms with Crippen LogP contribution in [0.4, 0.5) is 5.95 Å². The normalized spacial score (nSPS) is 21.0. The van der Waals surface area contributed by atoms with Crippen LogP contribution in [-0.4, -0.2) is 42.3 Å². The van der Waals surface area contributed by atoms with E-state index in [9.17, 15) is 0 Å². The average molecular weight is 232 g/mol. The van der Waals surface area contributed by atoms with E-state index in [1.807, 2.05) is 24.3 Å². The van der Waals surface area contributed by atoms with Gasteiger partial charge in [0.1, 0.15) is 0 Å². The summed E-state index contributed by atoms with van der Waals surface area (Å²) in [6.07, 6.45) is 0.108. The highest BCUT2D eigenvalue weighted by Gasteiger charge is 2.21. The summed E-state index contributed by atoms with van der Waals surface area (Å²) in [5.41, 5.74) is 7.70. The molecule has 3 rings (SSSR count). The molecule has 1 atom stereocenters. The number of ether oxygens (including phenoxy) is 1. The molecule has 1 unspecified atom stereocenters. The number of para-hydroxylation sites is 2. The zero-order valence-electron chi connectivity index (χ0n) is 9.60. The summed E-state index contributed by atoms with van der Waals surface area (Å²) >= 11 is 0. The van der Waals surface area contributed by atoms with E-state index in [4.69, 9.17) is 10.5 Å². The molecular weight excluding hydrogens is 216 g/mol. The van der Waals surface area contributed by atoms with Crippen molar-refractivity contribution in [2.45, 2.75) is 6.10 Å². The number of nitrogens with zero attached hydrogens (tertiary/aromatic N) is 2. The number of hydrogen-bond acceptors (Lipinski definition) is 4.